The summed E-state index contributed by atoms with van der Waals surface area (Å²) in [6.07, 6.45) is 3.01. The van der Waals surface area contributed by atoms with Gasteiger partial charge in [-0.25, -0.2) is 0 Å². The van der Waals surface area contributed by atoms with Crippen LogP contribution >= 0.6 is 24.8 Å². The Morgan fingerprint density at radius 3 is 2.67 bits per heavy atom. The molecule has 2 heterocycles. The van der Waals surface area contributed by atoms with E-state index in [-0.39, 0.29) is 36.8 Å². The van der Waals surface area contributed by atoms with E-state index in [4.69, 9.17) is 5.73 Å². The summed E-state index contributed by atoms with van der Waals surface area (Å²) in [4.78, 5) is 16.6. The van der Waals surface area contributed by atoms with Gasteiger partial charge in [0, 0.05) is 37.6 Å². The minimum atomic E-state index is -0.0266. The van der Waals surface area contributed by atoms with Crippen LogP contribution in [0.3, 0.4) is 0 Å². The Morgan fingerprint density at radius 1 is 1.39 bits per heavy atom. The number of nitrogens with zero attached hydrogens (tertiary/aromatic N) is 2. The fourth-order valence-corrected chi connectivity index (χ4v) is 2.93. The van der Waals surface area contributed by atoms with Gasteiger partial charge in [0.2, 0.25) is 5.91 Å². The van der Waals surface area contributed by atoms with Crippen LogP contribution in [-0.4, -0.2) is 53.5 Å². The van der Waals surface area contributed by atoms with Crippen molar-refractivity contribution >= 4 is 30.7 Å². The lowest BCUT2D eigenvalue weighted by Gasteiger charge is -2.42. The lowest BCUT2D eigenvalue weighted by Crippen LogP contribution is -2.57. The van der Waals surface area contributed by atoms with Crippen molar-refractivity contribution in [2.24, 2.45) is 5.73 Å². The molecule has 18 heavy (non-hydrogen) atoms. The highest BCUT2D eigenvalue weighted by Crippen LogP contribution is 2.24. The minimum Gasteiger partial charge on any atom is -0.337 e. The molecule has 2 rings (SSSR count). The molecular formula is C12H25Cl2N3O. The van der Waals surface area contributed by atoms with Crippen LogP contribution in [0.4, 0.5) is 0 Å². The molecule has 2 aliphatic rings. The lowest BCUT2D eigenvalue weighted by molar-refractivity contribution is -0.137. The molecule has 2 N–H and O–H groups in total. The van der Waals surface area contributed by atoms with Crippen molar-refractivity contribution in [2.45, 2.75) is 51.2 Å². The van der Waals surface area contributed by atoms with Crippen molar-refractivity contribution in [3.63, 3.8) is 0 Å². The molecule has 0 aromatic rings. The molecule has 108 valence electrons. The third kappa shape index (κ3) is 3.98. The maximum absolute atomic E-state index is 12.0. The van der Waals surface area contributed by atoms with Gasteiger partial charge >= 0.3 is 0 Å². The maximum atomic E-state index is 12.0. The van der Waals surface area contributed by atoms with Crippen molar-refractivity contribution < 1.29 is 4.79 Å². The van der Waals surface area contributed by atoms with Gasteiger partial charge in [-0.3, -0.25) is 9.69 Å². The van der Waals surface area contributed by atoms with Crippen LogP contribution in [0.5, 0.6) is 0 Å². The van der Waals surface area contributed by atoms with Crippen LogP contribution in [0, 0.1) is 0 Å². The number of hydrogen-bond acceptors (Lipinski definition) is 3. The van der Waals surface area contributed by atoms with Gasteiger partial charge in [-0.05, 0) is 33.2 Å². The number of fused-ring (bicyclic) bond motifs is 1. The Balaban J connectivity index is 0.00000144. The Kier molecular flexibility index (Phi) is 7.52. The molecule has 1 amide bonds. The molecule has 2 fully saturated rings. The molecule has 3 atom stereocenters. The number of amides is 1. The first-order valence-electron chi connectivity index (χ1n) is 6.37. The topological polar surface area (TPSA) is 49.6 Å². The van der Waals surface area contributed by atoms with Crippen molar-refractivity contribution in [2.75, 3.05) is 19.6 Å². The Hall–Kier alpha value is -0.0300. The normalized spacial score (nSPS) is 28.9. The molecule has 0 aromatic heterocycles. The highest BCUT2D eigenvalue weighted by Gasteiger charge is 2.36. The monoisotopic (exact) mass is 297 g/mol. The van der Waals surface area contributed by atoms with E-state index in [1.807, 2.05) is 11.8 Å². The van der Waals surface area contributed by atoms with Gasteiger partial charge in [0.05, 0.1) is 0 Å². The van der Waals surface area contributed by atoms with Crippen LogP contribution in [0.1, 0.15) is 33.1 Å². The fraction of sp³-hybridized carbons (Fsp3) is 0.917. The summed E-state index contributed by atoms with van der Waals surface area (Å²) in [5, 5.41) is 0. The molecular weight excluding hydrogens is 273 g/mol. The lowest BCUT2D eigenvalue weighted by atomic mass is 10.1. The van der Waals surface area contributed by atoms with Gasteiger partial charge in [0.15, 0.2) is 0 Å². The summed E-state index contributed by atoms with van der Waals surface area (Å²) in [7, 11) is 0. The van der Waals surface area contributed by atoms with Crippen molar-refractivity contribution in [3.05, 3.63) is 0 Å². The predicted molar refractivity (Wildman–Crippen MR) is 78.5 cm³/mol. The third-order valence-corrected chi connectivity index (χ3v) is 3.75. The van der Waals surface area contributed by atoms with E-state index < -0.39 is 0 Å². The molecule has 0 aliphatic carbocycles. The average Bonchev–Trinajstić information content (AvgIpc) is 2.61. The minimum absolute atomic E-state index is 0. The van der Waals surface area contributed by atoms with Crippen LogP contribution < -0.4 is 5.73 Å². The standard InChI is InChI=1S/C12H23N3O.2ClH/c1-9(13)6-12(16)15-8-11-4-3-5-14(11)7-10(15)2;;/h9-11H,3-8,13H2,1-2H3;2*1H. The van der Waals surface area contributed by atoms with Gasteiger partial charge in [0.25, 0.3) is 0 Å². The van der Waals surface area contributed by atoms with Crippen LogP contribution in [-0.2, 0) is 4.79 Å². The van der Waals surface area contributed by atoms with E-state index >= 15 is 0 Å². The van der Waals surface area contributed by atoms with Gasteiger partial charge in [0.1, 0.15) is 0 Å². The first-order chi connectivity index (χ1) is 7.58. The number of halogens is 2. The molecule has 0 saturated carbocycles. The molecule has 0 radical (unpaired) electrons. The number of carbonyl (C=O) groups excluding carboxylic acids is 1. The van der Waals surface area contributed by atoms with Crippen molar-refractivity contribution in [1.82, 2.24) is 9.80 Å². The SMILES string of the molecule is CC(N)CC(=O)N1CC2CCCN2CC1C.Cl.Cl. The summed E-state index contributed by atoms with van der Waals surface area (Å²) in [6, 6.07) is 0.926. The second kappa shape index (κ2) is 7.53. The summed E-state index contributed by atoms with van der Waals surface area (Å²) in [5.41, 5.74) is 5.69. The summed E-state index contributed by atoms with van der Waals surface area (Å²) >= 11 is 0. The Bertz CT molecular complexity index is 276. The van der Waals surface area contributed by atoms with Crippen molar-refractivity contribution in [1.29, 1.82) is 0 Å². The maximum Gasteiger partial charge on any atom is 0.224 e. The van der Waals surface area contributed by atoms with E-state index in [9.17, 15) is 4.79 Å². The molecule has 2 saturated heterocycles. The number of hydrogen-bond donors (Lipinski definition) is 1. The quantitative estimate of drug-likeness (QED) is 0.835. The Morgan fingerprint density at radius 2 is 2.06 bits per heavy atom. The number of piperazine rings is 1. The average molecular weight is 298 g/mol. The summed E-state index contributed by atoms with van der Waals surface area (Å²) < 4.78 is 0. The second-order valence-electron chi connectivity index (χ2n) is 5.37. The zero-order chi connectivity index (χ0) is 11.7. The predicted octanol–water partition coefficient (Wildman–Crippen LogP) is 1.26. The molecule has 0 aromatic carbocycles. The van der Waals surface area contributed by atoms with Gasteiger partial charge < -0.3 is 10.6 Å². The van der Waals surface area contributed by atoms with Crippen LogP contribution in [0.2, 0.25) is 0 Å². The number of nitrogens with two attached hydrogens (primary N) is 1. The van der Waals surface area contributed by atoms with Crippen molar-refractivity contribution in [3.8, 4) is 0 Å². The second-order valence-corrected chi connectivity index (χ2v) is 5.37. The van der Waals surface area contributed by atoms with E-state index in [0.717, 1.165) is 13.1 Å². The van der Waals surface area contributed by atoms with Crippen LogP contribution in [0.15, 0.2) is 0 Å². The smallest absolute Gasteiger partial charge is 0.224 e. The summed E-state index contributed by atoms with van der Waals surface area (Å²) in [5.74, 6) is 0.231. The van der Waals surface area contributed by atoms with E-state index in [1.165, 1.54) is 19.4 Å². The number of carbonyl (C=O) groups is 1. The molecule has 2 aliphatic heterocycles. The highest BCUT2D eigenvalue weighted by molar-refractivity contribution is 5.85. The molecule has 0 spiro atoms. The van der Waals surface area contributed by atoms with Crippen LogP contribution in [0.25, 0.3) is 0 Å². The van der Waals surface area contributed by atoms with Gasteiger partial charge in [-0.1, -0.05) is 0 Å². The Labute approximate surface area is 122 Å². The fourth-order valence-electron chi connectivity index (χ4n) is 2.93. The largest absolute Gasteiger partial charge is 0.337 e. The summed E-state index contributed by atoms with van der Waals surface area (Å²) in [6.45, 7) is 7.20. The zero-order valence-corrected chi connectivity index (χ0v) is 12.8. The first-order valence-corrected chi connectivity index (χ1v) is 6.37. The highest BCUT2D eigenvalue weighted by atomic mass is 35.5. The van der Waals surface area contributed by atoms with E-state index in [1.54, 1.807) is 0 Å². The van der Waals surface area contributed by atoms with E-state index in [2.05, 4.69) is 11.8 Å². The molecule has 3 unspecified atom stereocenters. The third-order valence-electron chi connectivity index (χ3n) is 3.75. The first kappa shape index (κ1) is 18.0. The van der Waals surface area contributed by atoms with Gasteiger partial charge in [-0.2, -0.15) is 0 Å². The molecule has 0 bridgehead atoms. The van der Waals surface area contributed by atoms with E-state index in [0.29, 0.717) is 18.5 Å². The number of rotatable bonds is 2. The zero-order valence-electron chi connectivity index (χ0n) is 11.2. The van der Waals surface area contributed by atoms with Gasteiger partial charge in [-0.15, -0.1) is 24.8 Å². The molecule has 6 heteroatoms. The molecule has 4 nitrogen and oxygen atoms in total.